The van der Waals surface area contributed by atoms with Gasteiger partial charge in [0.2, 0.25) is 0 Å². The summed E-state index contributed by atoms with van der Waals surface area (Å²) in [4.78, 5) is 24.9. The van der Waals surface area contributed by atoms with E-state index >= 15 is 0 Å². The van der Waals surface area contributed by atoms with Crippen LogP contribution in [0.15, 0.2) is 11.1 Å². The zero-order chi connectivity index (χ0) is 15.4. The van der Waals surface area contributed by atoms with Gasteiger partial charge in [0, 0.05) is 12.1 Å². The first-order valence-corrected chi connectivity index (χ1v) is 7.99. The molecular weight excluding hydrogens is 266 g/mol. The molecule has 2 aliphatic carbocycles. The monoisotopic (exact) mass is 291 g/mol. The van der Waals surface area contributed by atoms with Crippen molar-refractivity contribution >= 4 is 11.9 Å². The van der Waals surface area contributed by atoms with Crippen LogP contribution in [0, 0.1) is 16.7 Å². The summed E-state index contributed by atoms with van der Waals surface area (Å²) in [5.41, 5.74) is 2.57. The molecule has 21 heavy (non-hydrogen) atoms. The predicted molar refractivity (Wildman–Crippen MR) is 79.7 cm³/mol. The minimum absolute atomic E-state index is 0.0320. The lowest BCUT2D eigenvalue weighted by Gasteiger charge is -2.54. The molecule has 1 N–H and O–H groups in total. The molecule has 0 unspecified atom stereocenters. The molecule has 116 valence electrons. The van der Waals surface area contributed by atoms with Gasteiger partial charge in [-0.05, 0) is 48.0 Å². The van der Waals surface area contributed by atoms with E-state index in [1.807, 2.05) is 0 Å². The van der Waals surface area contributed by atoms with Crippen LogP contribution in [0.2, 0.25) is 0 Å². The Balaban J connectivity index is 1.94. The summed E-state index contributed by atoms with van der Waals surface area (Å²) >= 11 is 0. The SMILES string of the molecule is CC1(C)CCC[C@]2(C)C3=C(CC[C@@H]12)C(=O)N(CC(=O)O)C3. The summed E-state index contributed by atoms with van der Waals surface area (Å²) in [5, 5.41) is 8.99. The topological polar surface area (TPSA) is 57.6 Å². The Labute approximate surface area is 126 Å². The van der Waals surface area contributed by atoms with Crippen LogP contribution in [0.3, 0.4) is 0 Å². The van der Waals surface area contributed by atoms with Crippen LogP contribution < -0.4 is 0 Å². The number of aliphatic carboxylic acids is 1. The minimum atomic E-state index is -0.922. The zero-order valence-corrected chi connectivity index (χ0v) is 13.2. The second-order valence-electron chi connectivity index (χ2n) is 7.86. The maximum absolute atomic E-state index is 12.5. The molecule has 1 aliphatic heterocycles. The van der Waals surface area contributed by atoms with Crippen molar-refractivity contribution in [2.45, 2.75) is 52.9 Å². The molecule has 0 aromatic rings. The van der Waals surface area contributed by atoms with E-state index in [4.69, 9.17) is 5.11 Å². The molecular formula is C17H25NO3. The fourth-order valence-electron chi connectivity index (χ4n) is 5.23. The van der Waals surface area contributed by atoms with Crippen LogP contribution in [0.4, 0.5) is 0 Å². The predicted octanol–water partition coefficient (Wildman–Crippen LogP) is 2.84. The highest BCUT2D eigenvalue weighted by molar-refractivity contribution is 5.99. The van der Waals surface area contributed by atoms with E-state index in [9.17, 15) is 9.59 Å². The van der Waals surface area contributed by atoms with Gasteiger partial charge >= 0.3 is 5.97 Å². The average molecular weight is 291 g/mol. The van der Waals surface area contributed by atoms with Crippen molar-refractivity contribution in [3.8, 4) is 0 Å². The highest BCUT2D eigenvalue weighted by Crippen LogP contribution is 2.60. The van der Waals surface area contributed by atoms with Crippen molar-refractivity contribution < 1.29 is 14.7 Å². The van der Waals surface area contributed by atoms with Gasteiger partial charge in [0.1, 0.15) is 6.54 Å². The summed E-state index contributed by atoms with van der Waals surface area (Å²) in [7, 11) is 0. The maximum atomic E-state index is 12.5. The van der Waals surface area contributed by atoms with E-state index in [0.29, 0.717) is 17.9 Å². The Morgan fingerprint density at radius 3 is 2.71 bits per heavy atom. The van der Waals surface area contributed by atoms with Crippen LogP contribution in [-0.4, -0.2) is 35.0 Å². The number of hydrogen-bond donors (Lipinski definition) is 1. The van der Waals surface area contributed by atoms with Gasteiger partial charge in [-0.15, -0.1) is 0 Å². The standard InChI is InChI=1S/C17H25NO3/c1-16(2)7-4-8-17(3)12-9-18(10-14(19)20)15(21)11(12)5-6-13(16)17/h13H,4-10H2,1-3H3,(H,19,20)/t13-,17+/m0/s1. The van der Waals surface area contributed by atoms with Gasteiger partial charge in [-0.3, -0.25) is 9.59 Å². The maximum Gasteiger partial charge on any atom is 0.323 e. The number of carboxylic acids is 1. The second kappa shape index (κ2) is 4.59. The number of rotatable bonds is 2. The average Bonchev–Trinajstić information content (AvgIpc) is 2.67. The summed E-state index contributed by atoms with van der Waals surface area (Å²) in [6.07, 6.45) is 5.48. The summed E-state index contributed by atoms with van der Waals surface area (Å²) < 4.78 is 0. The smallest absolute Gasteiger partial charge is 0.323 e. The van der Waals surface area contributed by atoms with Gasteiger partial charge in [0.05, 0.1) is 0 Å². The van der Waals surface area contributed by atoms with E-state index < -0.39 is 5.97 Å². The molecule has 0 saturated heterocycles. The molecule has 1 saturated carbocycles. The van der Waals surface area contributed by atoms with E-state index in [1.54, 1.807) is 0 Å². The molecule has 3 aliphatic rings. The molecule has 0 bridgehead atoms. The van der Waals surface area contributed by atoms with E-state index in [-0.39, 0.29) is 17.9 Å². The zero-order valence-electron chi connectivity index (χ0n) is 13.2. The Bertz CT molecular complexity index is 534. The first-order chi connectivity index (χ1) is 9.75. The number of hydrogen-bond acceptors (Lipinski definition) is 2. The van der Waals surface area contributed by atoms with Crippen molar-refractivity contribution in [3.05, 3.63) is 11.1 Å². The Kier molecular flexibility index (Phi) is 3.19. The molecule has 0 aromatic heterocycles. The highest BCUT2D eigenvalue weighted by Gasteiger charge is 2.53. The van der Waals surface area contributed by atoms with Crippen molar-refractivity contribution in [1.29, 1.82) is 0 Å². The number of carbonyl (C=O) groups excluding carboxylic acids is 1. The van der Waals surface area contributed by atoms with Crippen LogP contribution in [-0.2, 0) is 9.59 Å². The lowest BCUT2D eigenvalue weighted by Crippen LogP contribution is -2.46. The Morgan fingerprint density at radius 1 is 1.33 bits per heavy atom. The third kappa shape index (κ3) is 2.11. The molecule has 0 radical (unpaired) electrons. The molecule has 2 atom stereocenters. The van der Waals surface area contributed by atoms with Gasteiger partial charge in [-0.1, -0.05) is 27.2 Å². The first-order valence-electron chi connectivity index (χ1n) is 7.99. The van der Waals surface area contributed by atoms with Crippen molar-refractivity contribution in [2.75, 3.05) is 13.1 Å². The first kappa shape index (κ1) is 14.6. The molecule has 3 rings (SSSR count). The Morgan fingerprint density at radius 2 is 2.05 bits per heavy atom. The fraction of sp³-hybridized carbons (Fsp3) is 0.765. The largest absolute Gasteiger partial charge is 0.480 e. The van der Waals surface area contributed by atoms with Crippen LogP contribution in [0.5, 0.6) is 0 Å². The third-order valence-electron chi connectivity index (χ3n) is 6.19. The second-order valence-corrected chi connectivity index (χ2v) is 7.86. The normalized spacial score (nSPS) is 34.7. The Hall–Kier alpha value is -1.32. The summed E-state index contributed by atoms with van der Waals surface area (Å²) in [5.74, 6) is -0.348. The fourth-order valence-corrected chi connectivity index (χ4v) is 5.23. The van der Waals surface area contributed by atoms with Crippen molar-refractivity contribution in [2.24, 2.45) is 16.7 Å². The number of carbonyl (C=O) groups is 2. The number of fused-ring (bicyclic) bond motifs is 2. The highest BCUT2D eigenvalue weighted by atomic mass is 16.4. The summed E-state index contributed by atoms with van der Waals surface area (Å²) in [6.45, 7) is 7.38. The molecule has 4 nitrogen and oxygen atoms in total. The lowest BCUT2D eigenvalue weighted by atomic mass is 9.50. The van der Waals surface area contributed by atoms with Crippen molar-refractivity contribution in [3.63, 3.8) is 0 Å². The van der Waals surface area contributed by atoms with Crippen LogP contribution in [0.25, 0.3) is 0 Å². The van der Waals surface area contributed by atoms with E-state index in [0.717, 1.165) is 24.8 Å². The molecule has 0 spiro atoms. The summed E-state index contributed by atoms with van der Waals surface area (Å²) in [6, 6.07) is 0. The van der Waals surface area contributed by atoms with E-state index in [1.165, 1.54) is 23.3 Å². The van der Waals surface area contributed by atoms with Gasteiger partial charge in [0.25, 0.3) is 5.91 Å². The molecule has 1 heterocycles. The van der Waals surface area contributed by atoms with E-state index in [2.05, 4.69) is 20.8 Å². The number of carboxylic acid groups (broad SMARTS) is 1. The van der Waals surface area contributed by atoms with Gasteiger partial charge < -0.3 is 10.0 Å². The number of amides is 1. The molecule has 1 fully saturated rings. The lowest BCUT2D eigenvalue weighted by molar-refractivity contribution is -0.142. The van der Waals surface area contributed by atoms with Crippen molar-refractivity contribution in [1.82, 2.24) is 4.90 Å². The van der Waals surface area contributed by atoms with Crippen LogP contribution in [0.1, 0.15) is 52.9 Å². The van der Waals surface area contributed by atoms with Gasteiger partial charge in [0.15, 0.2) is 0 Å². The van der Waals surface area contributed by atoms with Crippen LogP contribution >= 0.6 is 0 Å². The van der Waals surface area contributed by atoms with Gasteiger partial charge in [-0.25, -0.2) is 0 Å². The third-order valence-corrected chi connectivity index (χ3v) is 6.19. The molecule has 1 amide bonds. The quantitative estimate of drug-likeness (QED) is 0.851. The minimum Gasteiger partial charge on any atom is -0.480 e. The number of nitrogens with zero attached hydrogens (tertiary/aromatic N) is 1. The molecule has 4 heteroatoms. The molecule has 0 aromatic carbocycles. The van der Waals surface area contributed by atoms with Gasteiger partial charge in [-0.2, -0.15) is 0 Å².